The number of hydrogen-bond donors (Lipinski definition) is 0. The van der Waals surface area contributed by atoms with E-state index in [4.69, 9.17) is 18.6 Å². The average Bonchev–Trinajstić information content (AvgIpc) is 3.43. The van der Waals surface area contributed by atoms with E-state index in [1.165, 1.54) is 15.9 Å². The second-order valence-corrected chi connectivity index (χ2v) is 15.3. The molecule has 1 aliphatic carbocycles. The fourth-order valence-electron chi connectivity index (χ4n) is 6.74. The molecule has 4 aliphatic rings. The standard InChI is InChI=1S/C28H34O4Si/c1-28(2,3)33(21-10-6-4-7-11-21,22-12-8-5-9-13-22)31-18-23-26-24-19(16-29-26)14-15-20-17-30-27(32-23)25(20)24/h4-14,20,23-27H,15-18H2,1-3H3/t20-,23-,24+,25-,26-,27+/m1/s1. The van der Waals surface area contributed by atoms with Gasteiger partial charge in [0, 0.05) is 11.8 Å². The summed E-state index contributed by atoms with van der Waals surface area (Å²) in [4.78, 5) is 0. The van der Waals surface area contributed by atoms with Crippen LogP contribution in [-0.2, 0) is 18.6 Å². The molecule has 2 aromatic carbocycles. The van der Waals surface area contributed by atoms with Gasteiger partial charge in [-0.25, -0.2) is 0 Å². The predicted octanol–water partition coefficient (Wildman–Crippen LogP) is 3.90. The highest BCUT2D eigenvalue weighted by Gasteiger charge is 2.58. The van der Waals surface area contributed by atoms with Crippen LogP contribution in [0.15, 0.2) is 72.3 Å². The van der Waals surface area contributed by atoms with Crippen molar-refractivity contribution in [2.45, 2.75) is 50.7 Å². The fourth-order valence-corrected chi connectivity index (χ4v) is 11.3. The minimum Gasteiger partial charge on any atom is -0.405 e. The summed E-state index contributed by atoms with van der Waals surface area (Å²) in [6.45, 7) is 8.98. The van der Waals surface area contributed by atoms with Crippen molar-refractivity contribution >= 4 is 18.7 Å². The molecule has 0 unspecified atom stereocenters. The third kappa shape index (κ3) is 3.40. The third-order valence-electron chi connectivity index (χ3n) is 8.21. The first-order valence-corrected chi connectivity index (χ1v) is 14.2. The van der Waals surface area contributed by atoms with Gasteiger partial charge in [-0.05, 0) is 33.3 Å². The summed E-state index contributed by atoms with van der Waals surface area (Å²) in [7, 11) is -2.62. The number of rotatable bonds is 5. The lowest BCUT2D eigenvalue weighted by Crippen LogP contribution is -2.67. The Hall–Kier alpha value is -1.76. The molecule has 0 aromatic heterocycles. The van der Waals surface area contributed by atoms with Gasteiger partial charge < -0.3 is 18.6 Å². The van der Waals surface area contributed by atoms with E-state index in [0.717, 1.165) is 19.6 Å². The molecule has 6 atom stereocenters. The highest BCUT2D eigenvalue weighted by molar-refractivity contribution is 6.99. The highest BCUT2D eigenvalue weighted by Crippen LogP contribution is 2.52. The van der Waals surface area contributed by atoms with Crippen molar-refractivity contribution in [1.82, 2.24) is 0 Å². The Morgan fingerprint density at radius 3 is 2.24 bits per heavy atom. The van der Waals surface area contributed by atoms with Crippen LogP contribution in [0.1, 0.15) is 27.2 Å². The molecule has 3 aliphatic heterocycles. The highest BCUT2D eigenvalue weighted by atomic mass is 28.4. The Balaban J connectivity index is 1.36. The summed E-state index contributed by atoms with van der Waals surface area (Å²) in [6.07, 6.45) is 3.30. The molecule has 0 spiro atoms. The van der Waals surface area contributed by atoms with E-state index in [-0.39, 0.29) is 23.5 Å². The molecule has 3 saturated heterocycles. The molecular formula is C28H34O4Si. The molecule has 0 amide bonds. The van der Waals surface area contributed by atoms with Crippen LogP contribution in [0.3, 0.4) is 0 Å². The Morgan fingerprint density at radius 1 is 0.939 bits per heavy atom. The summed E-state index contributed by atoms with van der Waals surface area (Å²) >= 11 is 0. The summed E-state index contributed by atoms with van der Waals surface area (Å²) < 4.78 is 26.3. The van der Waals surface area contributed by atoms with Gasteiger partial charge in [0.15, 0.2) is 6.29 Å². The van der Waals surface area contributed by atoms with Gasteiger partial charge in [0.1, 0.15) is 6.10 Å². The molecule has 174 valence electrons. The normalized spacial score (nSPS) is 33.0. The van der Waals surface area contributed by atoms with Gasteiger partial charge in [-0.1, -0.05) is 87.5 Å². The number of benzene rings is 2. The Morgan fingerprint density at radius 2 is 1.61 bits per heavy atom. The summed E-state index contributed by atoms with van der Waals surface area (Å²) in [5.74, 6) is 1.41. The second kappa shape index (κ2) is 8.17. The number of hydrogen-bond acceptors (Lipinski definition) is 4. The van der Waals surface area contributed by atoms with Crippen molar-refractivity contribution < 1.29 is 18.6 Å². The van der Waals surface area contributed by atoms with E-state index in [0.29, 0.717) is 24.4 Å². The van der Waals surface area contributed by atoms with E-state index >= 15 is 0 Å². The first-order chi connectivity index (χ1) is 16.0. The zero-order valence-electron chi connectivity index (χ0n) is 19.8. The largest absolute Gasteiger partial charge is 0.405 e. The van der Waals surface area contributed by atoms with Gasteiger partial charge in [0.2, 0.25) is 0 Å². The minimum absolute atomic E-state index is 0.0558. The SMILES string of the molecule is CC(C)(C)[Si](OC[C@H]1O[C@@H]2OC[C@H]3CC=C4CO[C@H]1[C@@H]4[C@@H]32)(c1ccccc1)c1ccccc1. The first-order valence-electron chi connectivity index (χ1n) is 12.3. The monoisotopic (exact) mass is 462 g/mol. The van der Waals surface area contributed by atoms with Crippen molar-refractivity contribution in [2.75, 3.05) is 19.8 Å². The molecule has 6 rings (SSSR count). The quantitative estimate of drug-likeness (QED) is 0.499. The van der Waals surface area contributed by atoms with Crippen LogP contribution in [0.25, 0.3) is 0 Å². The first kappa shape index (κ1) is 21.7. The van der Waals surface area contributed by atoms with Crippen LogP contribution in [0.5, 0.6) is 0 Å². The third-order valence-corrected chi connectivity index (χ3v) is 13.2. The van der Waals surface area contributed by atoms with Crippen molar-refractivity contribution in [2.24, 2.45) is 17.8 Å². The summed E-state index contributed by atoms with van der Waals surface area (Å²) in [5.41, 5.74) is 1.45. The van der Waals surface area contributed by atoms with Crippen LogP contribution in [-0.4, -0.2) is 46.6 Å². The summed E-state index contributed by atoms with van der Waals surface area (Å²) in [6, 6.07) is 21.6. The molecule has 0 saturated carbocycles. The van der Waals surface area contributed by atoms with Crippen LogP contribution >= 0.6 is 0 Å². The van der Waals surface area contributed by atoms with Gasteiger partial charge in [-0.2, -0.15) is 0 Å². The molecule has 33 heavy (non-hydrogen) atoms. The Labute approximate surface area is 198 Å². The maximum Gasteiger partial charge on any atom is 0.261 e. The average molecular weight is 463 g/mol. The van der Waals surface area contributed by atoms with E-state index in [1.807, 2.05) is 0 Å². The van der Waals surface area contributed by atoms with Crippen LogP contribution in [0.2, 0.25) is 5.04 Å². The van der Waals surface area contributed by atoms with Crippen molar-refractivity contribution in [3.63, 3.8) is 0 Å². The molecule has 2 aromatic rings. The smallest absolute Gasteiger partial charge is 0.261 e. The van der Waals surface area contributed by atoms with E-state index in [2.05, 4.69) is 87.5 Å². The Kier molecular flexibility index (Phi) is 5.39. The predicted molar refractivity (Wildman–Crippen MR) is 131 cm³/mol. The topological polar surface area (TPSA) is 36.9 Å². The van der Waals surface area contributed by atoms with Crippen molar-refractivity contribution in [1.29, 1.82) is 0 Å². The molecular weight excluding hydrogens is 428 g/mol. The zero-order valence-corrected chi connectivity index (χ0v) is 20.8. The number of ether oxygens (including phenoxy) is 3. The van der Waals surface area contributed by atoms with Crippen LogP contribution < -0.4 is 10.4 Å². The van der Waals surface area contributed by atoms with E-state index in [1.54, 1.807) is 0 Å². The van der Waals surface area contributed by atoms with Crippen molar-refractivity contribution in [3.8, 4) is 0 Å². The van der Waals surface area contributed by atoms with Crippen LogP contribution in [0.4, 0.5) is 0 Å². The van der Waals surface area contributed by atoms with Gasteiger partial charge in [-0.3, -0.25) is 0 Å². The molecule has 3 fully saturated rings. The lowest BCUT2D eigenvalue weighted by Gasteiger charge is -2.46. The minimum atomic E-state index is -2.62. The molecule has 3 heterocycles. The molecule has 5 heteroatoms. The lowest BCUT2D eigenvalue weighted by molar-refractivity contribution is -0.236. The second-order valence-electron chi connectivity index (χ2n) is 11.0. The zero-order chi connectivity index (χ0) is 22.6. The fraction of sp³-hybridized carbons (Fsp3) is 0.500. The van der Waals surface area contributed by atoms with Gasteiger partial charge in [0.05, 0.1) is 25.9 Å². The summed E-state index contributed by atoms with van der Waals surface area (Å²) in [5, 5.41) is 2.52. The Bertz CT molecular complexity index is 976. The van der Waals surface area contributed by atoms with Crippen LogP contribution in [0, 0.1) is 17.8 Å². The molecule has 0 radical (unpaired) electrons. The molecule has 4 nitrogen and oxygen atoms in total. The van der Waals surface area contributed by atoms with E-state index < -0.39 is 8.32 Å². The van der Waals surface area contributed by atoms with E-state index in [9.17, 15) is 0 Å². The van der Waals surface area contributed by atoms with Gasteiger partial charge >= 0.3 is 0 Å². The van der Waals surface area contributed by atoms with Crippen molar-refractivity contribution in [3.05, 3.63) is 72.3 Å². The van der Waals surface area contributed by atoms with Gasteiger partial charge in [0.25, 0.3) is 8.32 Å². The lowest BCUT2D eigenvalue weighted by atomic mass is 9.69. The van der Waals surface area contributed by atoms with Gasteiger partial charge in [-0.15, -0.1) is 0 Å². The maximum atomic E-state index is 7.20. The molecule has 0 N–H and O–H groups in total. The maximum absolute atomic E-state index is 7.20. The molecule has 0 bridgehead atoms. The number of allylic oxidation sites excluding steroid dienone is 1.